The van der Waals surface area contributed by atoms with Crippen LogP contribution in [0.15, 0.2) is 18.2 Å². The van der Waals surface area contributed by atoms with Crippen molar-refractivity contribution in [3.63, 3.8) is 0 Å². The number of rotatable bonds is 2. The van der Waals surface area contributed by atoms with E-state index in [0.29, 0.717) is 9.83 Å². The number of carbonyl (C=O) groups excluding carboxylic acids is 1. The van der Waals surface area contributed by atoms with E-state index in [0.717, 1.165) is 11.3 Å². The van der Waals surface area contributed by atoms with Gasteiger partial charge in [-0.2, -0.15) is 0 Å². The molecule has 1 amide bonds. The minimum atomic E-state index is -3.77. The van der Waals surface area contributed by atoms with Crippen LogP contribution in [-0.4, -0.2) is 31.1 Å². The molecule has 0 saturated carbocycles. The number of sulfonamides is 1. The average molecular weight is 315 g/mol. The van der Waals surface area contributed by atoms with E-state index in [4.69, 9.17) is 5.14 Å². The number of amides is 1. The summed E-state index contributed by atoms with van der Waals surface area (Å²) in [5, 5.41) is 4.41. The molecule has 1 fully saturated rings. The van der Waals surface area contributed by atoms with E-state index < -0.39 is 21.1 Å². The Morgan fingerprint density at radius 2 is 2.20 bits per heavy atom. The summed E-state index contributed by atoms with van der Waals surface area (Å²) in [6.45, 7) is -0.0426. The van der Waals surface area contributed by atoms with Gasteiger partial charge in [0.05, 0.1) is 4.70 Å². The molecule has 3 rings (SSSR count). The third kappa shape index (κ3) is 2.17. The van der Waals surface area contributed by atoms with Crippen LogP contribution < -0.4 is 10.0 Å². The third-order valence-electron chi connectivity index (χ3n) is 3.14. The number of nitrogens with zero attached hydrogens (tertiary/aromatic N) is 2. The van der Waals surface area contributed by atoms with Crippen LogP contribution in [0.25, 0.3) is 10.2 Å². The number of primary sulfonamides is 1. The highest BCUT2D eigenvalue weighted by Gasteiger charge is 2.38. The summed E-state index contributed by atoms with van der Waals surface area (Å²) >= 11 is 1.14. The Kier molecular flexibility index (Phi) is 3.00. The van der Waals surface area contributed by atoms with Gasteiger partial charge in [0.25, 0.3) is 0 Å². The third-order valence-corrected chi connectivity index (χ3v) is 5.43. The van der Waals surface area contributed by atoms with Gasteiger partial charge in [-0.3, -0.25) is 9.69 Å². The Bertz CT molecular complexity index is 802. The van der Waals surface area contributed by atoms with Crippen molar-refractivity contribution in [1.82, 2.24) is 4.98 Å². The smallest absolute Gasteiger partial charge is 0.230 e. The van der Waals surface area contributed by atoms with Crippen molar-refractivity contribution < 1.29 is 17.6 Å². The summed E-state index contributed by atoms with van der Waals surface area (Å²) in [5.41, 5.74) is 0.180. The largest absolute Gasteiger partial charge is 0.287 e. The van der Waals surface area contributed by atoms with Gasteiger partial charge in [0.2, 0.25) is 15.9 Å². The van der Waals surface area contributed by atoms with Crippen molar-refractivity contribution in [2.24, 2.45) is 5.14 Å². The van der Waals surface area contributed by atoms with Crippen molar-refractivity contribution in [3.8, 4) is 0 Å². The Morgan fingerprint density at radius 1 is 1.45 bits per heavy atom. The number of hydrogen-bond acceptors (Lipinski definition) is 5. The number of halogens is 1. The van der Waals surface area contributed by atoms with Crippen molar-refractivity contribution in [2.75, 3.05) is 11.4 Å². The predicted octanol–water partition coefficient (Wildman–Crippen LogP) is 0.829. The fourth-order valence-corrected chi connectivity index (χ4v) is 3.84. The van der Waals surface area contributed by atoms with Gasteiger partial charge in [-0.25, -0.2) is 22.9 Å². The number of benzene rings is 1. The van der Waals surface area contributed by atoms with Gasteiger partial charge in [0.1, 0.15) is 16.6 Å². The quantitative estimate of drug-likeness (QED) is 0.888. The second kappa shape index (κ2) is 4.47. The van der Waals surface area contributed by atoms with Crippen LogP contribution in [-0.2, 0) is 14.8 Å². The highest BCUT2D eigenvalue weighted by molar-refractivity contribution is 7.89. The molecule has 0 bridgehead atoms. The molecule has 1 unspecified atom stereocenters. The van der Waals surface area contributed by atoms with E-state index in [-0.39, 0.29) is 24.4 Å². The number of fused-ring (bicyclic) bond motifs is 1. The lowest BCUT2D eigenvalue weighted by Crippen LogP contribution is -2.32. The molecule has 20 heavy (non-hydrogen) atoms. The fourth-order valence-electron chi connectivity index (χ4n) is 2.10. The van der Waals surface area contributed by atoms with Crippen LogP contribution in [0.5, 0.6) is 0 Å². The van der Waals surface area contributed by atoms with Gasteiger partial charge < -0.3 is 0 Å². The lowest BCUT2D eigenvalue weighted by atomic mass is 10.3. The van der Waals surface area contributed by atoms with Gasteiger partial charge >= 0.3 is 0 Å². The number of para-hydroxylation sites is 1. The number of thiazole rings is 1. The van der Waals surface area contributed by atoms with E-state index in [2.05, 4.69) is 4.98 Å². The molecule has 1 atom stereocenters. The van der Waals surface area contributed by atoms with Crippen molar-refractivity contribution in [2.45, 2.75) is 11.7 Å². The molecule has 1 aliphatic heterocycles. The number of nitrogens with two attached hydrogens (primary N) is 1. The molecule has 1 saturated heterocycles. The van der Waals surface area contributed by atoms with E-state index in [1.807, 2.05) is 0 Å². The maximum atomic E-state index is 13.6. The number of hydrogen-bond donors (Lipinski definition) is 1. The second-order valence-electron chi connectivity index (χ2n) is 4.50. The highest BCUT2D eigenvalue weighted by atomic mass is 32.2. The van der Waals surface area contributed by atoms with Crippen LogP contribution >= 0.6 is 11.3 Å². The van der Waals surface area contributed by atoms with E-state index in [1.54, 1.807) is 12.1 Å². The maximum Gasteiger partial charge on any atom is 0.230 e. The Hall–Kier alpha value is -1.58. The first-order valence-corrected chi connectivity index (χ1v) is 8.16. The molecule has 1 aliphatic rings. The molecule has 2 aromatic rings. The molecular formula is C11H10FN3O3S2. The first-order chi connectivity index (χ1) is 9.36. The normalized spacial score (nSPS) is 20.0. The minimum absolute atomic E-state index is 0.0426. The topological polar surface area (TPSA) is 93.4 Å². The second-order valence-corrected chi connectivity index (χ2v) is 7.36. The summed E-state index contributed by atoms with van der Waals surface area (Å²) in [6.07, 6.45) is -0.169. The van der Waals surface area contributed by atoms with Crippen LogP contribution in [0.4, 0.5) is 9.52 Å². The van der Waals surface area contributed by atoms with Crippen LogP contribution in [0, 0.1) is 5.82 Å². The minimum Gasteiger partial charge on any atom is -0.287 e. The fraction of sp³-hybridized carbons (Fsp3) is 0.273. The molecule has 1 aromatic carbocycles. The maximum absolute atomic E-state index is 13.6. The van der Waals surface area contributed by atoms with E-state index in [1.165, 1.54) is 11.0 Å². The van der Waals surface area contributed by atoms with Crippen LogP contribution in [0.1, 0.15) is 6.42 Å². The van der Waals surface area contributed by atoms with Gasteiger partial charge in [0.15, 0.2) is 5.13 Å². The summed E-state index contributed by atoms with van der Waals surface area (Å²) < 4.78 is 36.8. The lowest BCUT2D eigenvalue weighted by molar-refractivity contribution is -0.117. The lowest BCUT2D eigenvalue weighted by Gasteiger charge is -2.11. The van der Waals surface area contributed by atoms with Gasteiger partial charge in [0, 0.05) is 13.0 Å². The zero-order valence-electron chi connectivity index (χ0n) is 10.1. The number of carbonyl (C=O) groups is 1. The molecule has 0 aliphatic carbocycles. The molecule has 6 nitrogen and oxygen atoms in total. The molecule has 2 heterocycles. The van der Waals surface area contributed by atoms with E-state index >= 15 is 0 Å². The van der Waals surface area contributed by atoms with Crippen molar-refractivity contribution in [3.05, 3.63) is 24.0 Å². The Balaban J connectivity index is 2.00. The van der Waals surface area contributed by atoms with Crippen molar-refractivity contribution in [1.29, 1.82) is 0 Å². The molecule has 106 valence electrons. The Morgan fingerprint density at radius 3 is 2.80 bits per heavy atom. The monoisotopic (exact) mass is 315 g/mol. The molecule has 2 N–H and O–H groups in total. The molecule has 1 aromatic heterocycles. The molecule has 0 radical (unpaired) electrons. The summed E-state index contributed by atoms with van der Waals surface area (Å²) in [5.74, 6) is -0.844. The Labute approximate surface area is 118 Å². The van der Waals surface area contributed by atoms with Gasteiger partial charge in [-0.1, -0.05) is 17.4 Å². The van der Waals surface area contributed by atoms with Gasteiger partial charge in [-0.05, 0) is 12.1 Å². The number of aromatic nitrogens is 1. The average Bonchev–Trinajstić information content (AvgIpc) is 2.92. The molecular weight excluding hydrogens is 305 g/mol. The molecule has 0 spiro atoms. The van der Waals surface area contributed by atoms with Crippen molar-refractivity contribution >= 4 is 42.6 Å². The van der Waals surface area contributed by atoms with Crippen LogP contribution in [0.2, 0.25) is 0 Å². The zero-order chi connectivity index (χ0) is 14.5. The highest BCUT2D eigenvalue weighted by Crippen LogP contribution is 2.33. The summed E-state index contributed by atoms with van der Waals surface area (Å²) in [6, 6.07) is 4.53. The first-order valence-electron chi connectivity index (χ1n) is 5.73. The summed E-state index contributed by atoms with van der Waals surface area (Å²) in [4.78, 5) is 17.2. The van der Waals surface area contributed by atoms with Crippen LogP contribution in [0.3, 0.4) is 0 Å². The zero-order valence-corrected chi connectivity index (χ0v) is 11.7. The van der Waals surface area contributed by atoms with E-state index in [9.17, 15) is 17.6 Å². The molecule has 9 heteroatoms. The standard InChI is InChI=1S/C11H10FN3O3S2/c12-7-2-1-3-8-10(7)14-11(19-8)15-5-6(4-9(15)16)20(13,17)18/h1-3,6H,4-5H2,(H2,13,17,18). The SMILES string of the molecule is NS(=O)(=O)C1CC(=O)N(c2nc3c(F)cccc3s2)C1. The number of anilines is 1. The summed E-state index contributed by atoms with van der Waals surface area (Å²) in [7, 11) is -3.77. The van der Waals surface area contributed by atoms with Gasteiger partial charge in [-0.15, -0.1) is 0 Å². The first kappa shape index (κ1) is 13.4. The predicted molar refractivity (Wildman–Crippen MR) is 73.4 cm³/mol.